The number of nitrogens with zero attached hydrogens (tertiary/aromatic N) is 1. The normalized spacial score (nSPS) is 15.8. The summed E-state index contributed by atoms with van der Waals surface area (Å²) >= 11 is 6.76. The fourth-order valence-electron chi connectivity index (χ4n) is 2.89. The number of carbonyl (C=O) groups excluding carboxylic acids is 3. The molecule has 2 aromatic rings. The molecule has 3 rings (SSSR count). The van der Waals surface area contributed by atoms with E-state index >= 15 is 0 Å². The van der Waals surface area contributed by atoms with E-state index in [2.05, 4.69) is 5.32 Å². The first-order valence-corrected chi connectivity index (χ1v) is 10.3. The van der Waals surface area contributed by atoms with Gasteiger partial charge in [0.25, 0.3) is 11.1 Å². The Morgan fingerprint density at radius 2 is 1.76 bits per heavy atom. The van der Waals surface area contributed by atoms with Gasteiger partial charge in [-0.05, 0) is 54.9 Å². The van der Waals surface area contributed by atoms with Crippen molar-refractivity contribution in [2.24, 2.45) is 0 Å². The molecule has 150 valence electrons. The number of amides is 3. The van der Waals surface area contributed by atoms with Crippen molar-refractivity contribution in [2.75, 3.05) is 13.1 Å². The van der Waals surface area contributed by atoms with Gasteiger partial charge in [0.1, 0.15) is 0 Å². The van der Waals surface area contributed by atoms with Crippen molar-refractivity contribution in [2.45, 2.75) is 19.3 Å². The van der Waals surface area contributed by atoms with Crippen LogP contribution in [0.4, 0.5) is 4.79 Å². The third kappa shape index (κ3) is 4.89. The highest BCUT2D eigenvalue weighted by Gasteiger charge is 2.35. The molecule has 1 fully saturated rings. The summed E-state index contributed by atoms with van der Waals surface area (Å²) in [5.74, 6) is -0.515. The molecule has 0 aromatic heterocycles. The van der Waals surface area contributed by atoms with Crippen molar-refractivity contribution in [3.8, 4) is 0 Å². The molecule has 7 heteroatoms. The Hall–Kier alpha value is -2.57. The van der Waals surface area contributed by atoms with Gasteiger partial charge in [0, 0.05) is 18.1 Å². The van der Waals surface area contributed by atoms with Gasteiger partial charge in [-0.3, -0.25) is 19.3 Å². The Kier molecular flexibility index (Phi) is 6.45. The second-order valence-electron chi connectivity index (χ2n) is 7.13. The first kappa shape index (κ1) is 21.1. The summed E-state index contributed by atoms with van der Waals surface area (Å²) in [6.45, 7) is 4.00. The number of hydrogen-bond donors (Lipinski definition) is 1. The second kappa shape index (κ2) is 8.84. The van der Waals surface area contributed by atoms with Crippen LogP contribution in [0.15, 0.2) is 59.5 Å². The van der Waals surface area contributed by atoms with Crippen molar-refractivity contribution in [1.82, 2.24) is 10.2 Å². The molecule has 0 saturated carbocycles. The van der Waals surface area contributed by atoms with Crippen molar-refractivity contribution in [3.05, 3.63) is 75.7 Å². The van der Waals surface area contributed by atoms with Gasteiger partial charge in [0.05, 0.1) is 10.3 Å². The molecule has 1 aliphatic heterocycles. The number of thioether (sulfide) groups is 1. The third-order valence-corrected chi connectivity index (χ3v) is 5.88. The molecule has 29 heavy (non-hydrogen) atoms. The first-order valence-electron chi connectivity index (χ1n) is 9.14. The van der Waals surface area contributed by atoms with Gasteiger partial charge in [-0.15, -0.1) is 0 Å². The maximum absolute atomic E-state index is 12.6. The van der Waals surface area contributed by atoms with Crippen LogP contribution in [0.3, 0.4) is 0 Å². The lowest BCUT2D eigenvalue weighted by atomic mass is 9.84. The number of imide groups is 1. The Bertz CT molecular complexity index is 956. The minimum atomic E-state index is -0.714. The monoisotopic (exact) mass is 428 g/mol. The Balaban J connectivity index is 1.59. The number of rotatable bonds is 6. The molecule has 1 aliphatic rings. The van der Waals surface area contributed by atoms with Gasteiger partial charge < -0.3 is 5.32 Å². The van der Waals surface area contributed by atoms with Crippen LogP contribution in [0, 0.1) is 0 Å². The van der Waals surface area contributed by atoms with E-state index in [0.29, 0.717) is 9.93 Å². The van der Waals surface area contributed by atoms with Gasteiger partial charge in [0.15, 0.2) is 0 Å². The molecule has 1 heterocycles. The lowest BCUT2D eigenvalue weighted by molar-refractivity contribution is -0.126. The molecule has 2 aromatic carbocycles. The minimum Gasteiger partial charge on any atom is -0.354 e. The predicted octanol–water partition coefficient (Wildman–Crippen LogP) is 4.47. The van der Waals surface area contributed by atoms with E-state index < -0.39 is 5.41 Å². The van der Waals surface area contributed by atoms with Crippen LogP contribution in [-0.2, 0) is 15.0 Å². The molecule has 0 bridgehead atoms. The maximum Gasteiger partial charge on any atom is 0.293 e. The summed E-state index contributed by atoms with van der Waals surface area (Å²) in [6, 6.07) is 16.5. The maximum atomic E-state index is 12.6. The average Bonchev–Trinajstić information content (AvgIpc) is 2.97. The zero-order valence-electron chi connectivity index (χ0n) is 16.1. The third-order valence-electron chi connectivity index (χ3n) is 4.73. The van der Waals surface area contributed by atoms with Crippen LogP contribution >= 0.6 is 23.4 Å². The molecule has 5 nitrogen and oxygen atoms in total. The van der Waals surface area contributed by atoms with E-state index in [9.17, 15) is 14.4 Å². The SMILES string of the molecule is CC(C)(C(=O)NCCN1C(=O)S/C(=C\c2ccc(Cl)cc2)C1=O)c1ccccc1. The molecule has 3 amide bonds. The fourth-order valence-corrected chi connectivity index (χ4v) is 3.88. The Morgan fingerprint density at radius 3 is 2.41 bits per heavy atom. The van der Waals surface area contributed by atoms with Crippen molar-refractivity contribution >= 4 is 46.5 Å². The number of halogens is 1. The Morgan fingerprint density at radius 1 is 1.10 bits per heavy atom. The van der Waals surface area contributed by atoms with Crippen LogP contribution in [0.1, 0.15) is 25.0 Å². The summed E-state index contributed by atoms with van der Waals surface area (Å²) in [4.78, 5) is 38.9. The van der Waals surface area contributed by atoms with Crippen molar-refractivity contribution in [3.63, 3.8) is 0 Å². The zero-order valence-corrected chi connectivity index (χ0v) is 17.7. The first-order chi connectivity index (χ1) is 13.8. The van der Waals surface area contributed by atoms with Crippen LogP contribution in [0.2, 0.25) is 5.02 Å². The molecule has 1 N–H and O–H groups in total. The standard InChI is InChI=1S/C22H21ClN2O3S/c1-22(2,16-6-4-3-5-7-16)20(27)24-12-13-25-19(26)18(29-21(25)28)14-15-8-10-17(23)11-9-15/h3-11,14H,12-13H2,1-2H3,(H,24,27)/b18-14-. The van der Waals surface area contributed by atoms with Crippen LogP contribution in [0.5, 0.6) is 0 Å². The molecule has 0 atom stereocenters. The second-order valence-corrected chi connectivity index (χ2v) is 8.56. The highest BCUT2D eigenvalue weighted by Crippen LogP contribution is 2.32. The van der Waals surface area contributed by atoms with Gasteiger partial charge in [-0.1, -0.05) is 54.1 Å². The molecule has 0 aliphatic carbocycles. The van der Waals surface area contributed by atoms with E-state index in [0.717, 1.165) is 27.8 Å². The summed E-state index contributed by atoms with van der Waals surface area (Å²) in [7, 11) is 0. The number of benzene rings is 2. The zero-order chi connectivity index (χ0) is 21.0. The van der Waals surface area contributed by atoms with E-state index in [4.69, 9.17) is 11.6 Å². The van der Waals surface area contributed by atoms with Gasteiger partial charge >= 0.3 is 0 Å². The lowest BCUT2D eigenvalue weighted by Crippen LogP contribution is -2.44. The highest BCUT2D eigenvalue weighted by atomic mass is 35.5. The van der Waals surface area contributed by atoms with Gasteiger partial charge in [0.2, 0.25) is 5.91 Å². The van der Waals surface area contributed by atoms with Crippen molar-refractivity contribution < 1.29 is 14.4 Å². The van der Waals surface area contributed by atoms with E-state index in [1.807, 2.05) is 44.2 Å². The summed E-state index contributed by atoms with van der Waals surface area (Å²) in [5, 5.41) is 3.09. The predicted molar refractivity (Wildman–Crippen MR) is 117 cm³/mol. The van der Waals surface area contributed by atoms with Crippen LogP contribution in [0.25, 0.3) is 6.08 Å². The highest BCUT2D eigenvalue weighted by molar-refractivity contribution is 8.18. The van der Waals surface area contributed by atoms with Gasteiger partial charge in [-0.25, -0.2) is 0 Å². The molecule has 1 saturated heterocycles. The van der Waals surface area contributed by atoms with Crippen LogP contribution < -0.4 is 5.32 Å². The number of nitrogens with one attached hydrogen (secondary N) is 1. The topological polar surface area (TPSA) is 66.5 Å². The number of hydrogen-bond acceptors (Lipinski definition) is 4. The summed E-state index contributed by atoms with van der Waals surface area (Å²) in [6.07, 6.45) is 1.67. The number of carbonyl (C=O) groups is 3. The Labute approximate surface area is 179 Å². The van der Waals surface area contributed by atoms with Crippen molar-refractivity contribution in [1.29, 1.82) is 0 Å². The molecule has 0 spiro atoms. The largest absolute Gasteiger partial charge is 0.354 e. The minimum absolute atomic E-state index is 0.124. The van der Waals surface area contributed by atoms with Gasteiger partial charge in [-0.2, -0.15) is 0 Å². The smallest absolute Gasteiger partial charge is 0.293 e. The summed E-state index contributed by atoms with van der Waals surface area (Å²) < 4.78 is 0. The van der Waals surface area contributed by atoms with E-state index in [-0.39, 0.29) is 30.1 Å². The van der Waals surface area contributed by atoms with Crippen LogP contribution in [-0.4, -0.2) is 35.0 Å². The van der Waals surface area contributed by atoms with E-state index in [1.165, 1.54) is 0 Å². The molecular weight excluding hydrogens is 408 g/mol. The summed E-state index contributed by atoms with van der Waals surface area (Å²) in [5.41, 5.74) is 0.974. The fraction of sp³-hybridized carbons (Fsp3) is 0.227. The molecule has 0 unspecified atom stereocenters. The average molecular weight is 429 g/mol. The molecule has 0 radical (unpaired) electrons. The lowest BCUT2D eigenvalue weighted by Gasteiger charge is -2.24. The van der Waals surface area contributed by atoms with E-state index in [1.54, 1.807) is 30.3 Å². The quantitative estimate of drug-likeness (QED) is 0.689. The molecular formula is C22H21ClN2O3S.